The average molecular weight is 331 g/mol. The molecule has 0 saturated carbocycles. The normalized spacial score (nSPS) is 14.2. The minimum atomic E-state index is -3.85. The third-order valence-electron chi connectivity index (χ3n) is 2.77. The summed E-state index contributed by atoms with van der Waals surface area (Å²) in [7, 11) is -3.85. The zero-order valence-electron chi connectivity index (χ0n) is 12.8. The molecular weight excluding hydrogens is 310 g/mol. The van der Waals surface area contributed by atoms with Crippen LogP contribution in [0.5, 0.6) is 5.75 Å². The van der Waals surface area contributed by atoms with Gasteiger partial charge in [-0.15, -0.1) is 0 Å². The van der Waals surface area contributed by atoms with E-state index < -0.39 is 28.1 Å². The van der Waals surface area contributed by atoms with E-state index >= 15 is 0 Å². The van der Waals surface area contributed by atoms with Crippen molar-refractivity contribution in [1.29, 1.82) is 0 Å². The highest BCUT2D eigenvalue weighted by Crippen LogP contribution is 2.16. The maximum Gasteiger partial charge on any atom is 0.339 e. The van der Waals surface area contributed by atoms with Crippen LogP contribution in [0.3, 0.4) is 0 Å². The number of hydrogen-bond donors (Lipinski definition) is 2. The average Bonchev–Trinajstić information content (AvgIpc) is 2.47. The number of carbonyl (C=O) groups is 1. The molecule has 0 spiro atoms. The molecule has 2 N–H and O–H groups in total. The van der Waals surface area contributed by atoms with Gasteiger partial charge in [0.25, 0.3) is 0 Å². The Morgan fingerprint density at radius 1 is 1.23 bits per heavy atom. The zero-order valence-corrected chi connectivity index (χ0v) is 13.6. The van der Waals surface area contributed by atoms with Gasteiger partial charge in [-0.05, 0) is 45.0 Å². The SMILES string of the molecule is CCOC(=O)[C@@](C)(O)CNS(=O)(=O)c1ccc(OCC)cc1. The van der Waals surface area contributed by atoms with Gasteiger partial charge in [0.15, 0.2) is 5.60 Å². The number of benzene rings is 1. The summed E-state index contributed by atoms with van der Waals surface area (Å²) in [6.45, 7) is 4.70. The molecule has 0 fully saturated rings. The van der Waals surface area contributed by atoms with Crippen LogP contribution in [-0.4, -0.2) is 44.9 Å². The number of ether oxygens (including phenoxy) is 2. The van der Waals surface area contributed by atoms with Crippen LogP contribution in [0, 0.1) is 0 Å². The highest BCUT2D eigenvalue weighted by atomic mass is 32.2. The number of hydrogen-bond acceptors (Lipinski definition) is 6. The lowest BCUT2D eigenvalue weighted by Crippen LogP contribution is -2.47. The molecule has 22 heavy (non-hydrogen) atoms. The van der Waals surface area contributed by atoms with Crippen LogP contribution in [-0.2, 0) is 19.6 Å². The molecule has 1 aromatic rings. The fraction of sp³-hybridized carbons (Fsp3) is 0.500. The van der Waals surface area contributed by atoms with Crippen molar-refractivity contribution in [1.82, 2.24) is 4.72 Å². The summed E-state index contributed by atoms with van der Waals surface area (Å²) < 4.78 is 36.3. The van der Waals surface area contributed by atoms with Crippen molar-refractivity contribution in [2.45, 2.75) is 31.3 Å². The third-order valence-corrected chi connectivity index (χ3v) is 4.18. The number of rotatable bonds is 8. The molecule has 8 heteroatoms. The Labute approximate surface area is 130 Å². The van der Waals surface area contributed by atoms with Gasteiger partial charge in [-0.3, -0.25) is 0 Å². The first-order valence-electron chi connectivity index (χ1n) is 6.85. The second-order valence-electron chi connectivity index (χ2n) is 4.72. The highest BCUT2D eigenvalue weighted by molar-refractivity contribution is 7.89. The summed E-state index contributed by atoms with van der Waals surface area (Å²) in [5.41, 5.74) is -1.94. The fourth-order valence-corrected chi connectivity index (χ4v) is 2.69. The molecule has 0 aliphatic carbocycles. The molecule has 1 rings (SSSR count). The van der Waals surface area contributed by atoms with E-state index in [9.17, 15) is 18.3 Å². The van der Waals surface area contributed by atoms with E-state index in [1.54, 1.807) is 6.92 Å². The monoisotopic (exact) mass is 331 g/mol. The summed E-state index contributed by atoms with van der Waals surface area (Å²) in [5, 5.41) is 9.92. The van der Waals surface area contributed by atoms with Crippen molar-refractivity contribution in [2.24, 2.45) is 0 Å². The molecule has 0 bridgehead atoms. The third kappa shape index (κ3) is 4.97. The van der Waals surface area contributed by atoms with Crippen molar-refractivity contribution in [3.05, 3.63) is 24.3 Å². The van der Waals surface area contributed by atoms with Crippen molar-refractivity contribution in [3.63, 3.8) is 0 Å². The molecule has 1 atom stereocenters. The standard InChI is InChI=1S/C14H21NO6S/c1-4-20-11-6-8-12(9-7-11)22(18,19)15-10-14(3,17)13(16)21-5-2/h6-9,15,17H,4-5,10H2,1-3H3/t14-/m0/s1. The predicted molar refractivity (Wildman–Crippen MR) is 80.1 cm³/mol. The smallest absolute Gasteiger partial charge is 0.339 e. The lowest BCUT2D eigenvalue weighted by molar-refractivity contribution is -0.162. The largest absolute Gasteiger partial charge is 0.494 e. The summed E-state index contributed by atoms with van der Waals surface area (Å²) >= 11 is 0. The Kier molecular flexibility index (Phi) is 6.34. The number of sulfonamides is 1. The topological polar surface area (TPSA) is 102 Å². The van der Waals surface area contributed by atoms with Gasteiger partial charge in [0.05, 0.1) is 24.7 Å². The molecule has 0 unspecified atom stereocenters. The Morgan fingerprint density at radius 3 is 2.32 bits per heavy atom. The van der Waals surface area contributed by atoms with Crippen LogP contribution in [0.1, 0.15) is 20.8 Å². The predicted octanol–water partition coefficient (Wildman–Crippen LogP) is 0.678. The Balaban J connectivity index is 2.77. The first-order chi connectivity index (χ1) is 10.2. The summed E-state index contributed by atoms with van der Waals surface area (Å²) in [5.74, 6) is -0.329. The molecule has 0 amide bonds. The van der Waals surface area contributed by atoms with Crippen molar-refractivity contribution in [3.8, 4) is 5.75 Å². The van der Waals surface area contributed by atoms with E-state index in [-0.39, 0.29) is 11.5 Å². The molecule has 0 aliphatic rings. The Hall–Kier alpha value is -1.64. The first-order valence-corrected chi connectivity index (χ1v) is 8.33. The minimum absolute atomic E-state index is 0.00983. The van der Waals surface area contributed by atoms with E-state index in [4.69, 9.17) is 4.74 Å². The quantitative estimate of drug-likeness (QED) is 0.679. The van der Waals surface area contributed by atoms with Gasteiger partial charge in [0.2, 0.25) is 10.0 Å². The first kappa shape index (κ1) is 18.4. The molecule has 0 saturated heterocycles. The van der Waals surface area contributed by atoms with Crippen LogP contribution < -0.4 is 9.46 Å². The summed E-state index contributed by atoms with van der Waals surface area (Å²) in [6, 6.07) is 5.82. The molecule has 7 nitrogen and oxygen atoms in total. The lowest BCUT2D eigenvalue weighted by Gasteiger charge is -2.21. The van der Waals surface area contributed by atoms with Crippen LogP contribution in [0.4, 0.5) is 0 Å². The van der Waals surface area contributed by atoms with Crippen LogP contribution >= 0.6 is 0 Å². The lowest BCUT2D eigenvalue weighted by atomic mass is 10.1. The second-order valence-corrected chi connectivity index (χ2v) is 6.49. The van der Waals surface area contributed by atoms with Gasteiger partial charge < -0.3 is 14.6 Å². The fourth-order valence-electron chi connectivity index (χ4n) is 1.56. The Morgan fingerprint density at radius 2 is 1.82 bits per heavy atom. The van der Waals surface area contributed by atoms with E-state index in [2.05, 4.69) is 9.46 Å². The van der Waals surface area contributed by atoms with Crippen molar-refractivity contribution >= 4 is 16.0 Å². The minimum Gasteiger partial charge on any atom is -0.494 e. The van der Waals surface area contributed by atoms with Crippen LogP contribution in [0.2, 0.25) is 0 Å². The maximum atomic E-state index is 12.1. The van der Waals surface area contributed by atoms with E-state index in [0.717, 1.165) is 0 Å². The molecule has 0 radical (unpaired) electrons. The van der Waals surface area contributed by atoms with Gasteiger partial charge in [-0.25, -0.2) is 17.9 Å². The van der Waals surface area contributed by atoms with E-state index in [1.807, 2.05) is 6.92 Å². The summed E-state index contributed by atoms with van der Waals surface area (Å²) in [6.07, 6.45) is 0. The van der Waals surface area contributed by atoms with Crippen LogP contribution in [0.15, 0.2) is 29.2 Å². The van der Waals surface area contributed by atoms with Crippen molar-refractivity contribution < 1.29 is 27.8 Å². The number of esters is 1. The zero-order chi connectivity index (χ0) is 16.8. The molecule has 0 heterocycles. The van der Waals surface area contributed by atoms with Crippen molar-refractivity contribution in [2.75, 3.05) is 19.8 Å². The molecule has 0 aromatic heterocycles. The molecule has 124 valence electrons. The van der Waals surface area contributed by atoms with Gasteiger partial charge in [0, 0.05) is 0 Å². The highest BCUT2D eigenvalue weighted by Gasteiger charge is 2.33. The van der Waals surface area contributed by atoms with E-state index in [0.29, 0.717) is 12.4 Å². The molecule has 1 aromatic carbocycles. The summed E-state index contributed by atoms with van der Waals surface area (Å²) in [4.78, 5) is 11.5. The van der Waals surface area contributed by atoms with Gasteiger partial charge in [0.1, 0.15) is 5.75 Å². The van der Waals surface area contributed by atoms with Gasteiger partial charge in [-0.2, -0.15) is 0 Å². The van der Waals surface area contributed by atoms with Gasteiger partial charge in [-0.1, -0.05) is 0 Å². The molecular formula is C14H21NO6S. The van der Waals surface area contributed by atoms with Crippen LogP contribution in [0.25, 0.3) is 0 Å². The van der Waals surface area contributed by atoms with Gasteiger partial charge >= 0.3 is 5.97 Å². The number of aliphatic hydroxyl groups is 1. The second kappa shape index (κ2) is 7.57. The number of nitrogens with one attached hydrogen (secondary N) is 1. The molecule has 0 aliphatic heterocycles. The van der Waals surface area contributed by atoms with E-state index in [1.165, 1.54) is 31.2 Å². The number of carbonyl (C=O) groups excluding carboxylic acids is 1. The Bertz CT molecular complexity index is 594. The maximum absolute atomic E-state index is 12.1.